The highest BCUT2D eigenvalue weighted by atomic mass is 79.9. The number of amides is 1. The number of halogens is 1. The number of carbonyl (C=O) groups excluding carboxylic acids is 1. The number of nitrogens with one attached hydrogen (secondary N) is 2. The largest absolute Gasteiger partial charge is 0.496 e. The molecule has 5 heteroatoms. The second-order valence-corrected chi connectivity index (χ2v) is 5.44. The van der Waals surface area contributed by atoms with Crippen LogP contribution in [0.15, 0.2) is 46.9 Å². The number of methoxy groups -OCH3 is 1. The van der Waals surface area contributed by atoms with Gasteiger partial charge in [-0.15, -0.1) is 0 Å². The molecule has 0 aromatic heterocycles. The van der Waals surface area contributed by atoms with Gasteiger partial charge in [0.15, 0.2) is 0 Å². The maximum absolute atomic E-state index is 11.0. The third-order valence-electron chi connectivity index (χ3n) is 2.92. The fourth-order valence-electron chi connectivity index (χ4n) is 1.89. The SMILES string of the molecule is COc1ccc(NCc2ccc(NC(C)=O)cc2)cc1Br. The van der Waals surface area contributed by atoms with Crippen LogP contribution in [0.2, 0.25) is 0 Å². The zero-order valence-corrected chi connectivity index (χ0v) is 13.5. The van der Waals surface area contributed by atoms with Crippen molar-refractivity contribution in [2.24, 2.45) is 0 Å². The van der Waals surface area contributed by atoms with Crippen LogP contribution in [0.25, 0.3) is 0 Å². The smallest absolute Gasteiger partial charge is 0.221 e. The summed E-state index contributed by atoms with van der Waals surface area (Å²) in [5.41, 5.74) is 2.95. The molecule has 0 spiro atoms. The average molecular weight is 349 g/mol. The van der Waals surface area contributed by atoms with Crippen molar-refractivity contribution in [3.8, 4) is 5.75 Å². The summed E-state index contributed by atoms with van der Waals surface area (Å²) in [6, 6.07) is 13.6. The van der Waals surface area contributed by atoms with Crippen LogP contribution in [0, 0.1) is 0 Å². The molecule has 0 fully saturated rings. The van der Waals surface area contributed by atoms with Gasteiger partial charge in [-0.2, -0.15) is 0 Å². The Kier molecular flexibility index (Phi) is 5.22. The third kappa shape index (κ3) is 4.49. The van der Waals surface area contributed by atoms with Gasteiger partial charge in [0.05, 0.1) is 11.6 Å². The maximum Gasteiger partial charge on any atom is 0.221 e. The van der Waals surface area contributed by atoms with Crippen molar-refractivity contribution in [1.29, 1.82) is 0 Å². The molecular formula is C16H17BrN2O2. The number of hydrogen-bond donors (Lipinski definition) is 2. The second-order valence-electron chi connectivity index (χ2n) is 4.58. The molecule has 0 saturated carbocycles. The van der Waals surface area contributed by atoms with Gasteiger partial charge < -0.3 is 15.4 Å². The second kappa shape index (κ2) is 7.13. The molecule has 0 heterocycles. The predicted octanol–water partition coefficient (Wildman–Crippen LogP) is 4.03. The molecule has 0 unspecified atom stereocenters. The first-order chi connectivity index (χ1) is 10.1. The Labute approximate surface area is 132 Å². The molecule has 1 amide bonds. The topological polar surface area (TPSA) is 50.4 Å². The monoisotopic (exact) mass is 348 g/mol. The van der Waals surface area contributed by atoms with Gasteiger partial charge in [0.2, 0.25) is 5.91 Å². The summed E-state index contributed by atoms with van der Waals surface area (Å²) < 4.78 is 6.11. The highest BCUT2D eigenvalue weighted by Crippen LogP contribution is 2.27. The van der Waals surface area contributed by atoms with Crippen molar-refractivity contribution in [2.75, 3.05) is 17.7 Å². The lowest BCUT2D eigenvalue weighted by molar-refractivity contribution is -0.114. The van der Waals surface area contributed by atoms with Crippen LogP contribution in [-0.2, 0) is 11.3 Å². The van der Waals surface area contributed by atoms with E-state index in [1.807, 2.05) is 42.5 Å². The first-order valence-corrected chi connectivity index (χ1v) is 7.31. The Morgan fingerprint density at radius 2 is 1.81 bits per heavy atom. The number of benzene rings is 2. The van der Waals surface area contributed by atoms with E-state index in [-0.39, 0.29) is 5.91 Å². The number of carbonyl (C=O) groups is 1. The number of hydrogen-bond acceptors (Lipinski definition) is 3. The van der Waals surface area contributed by atoms with Crippen molar-refractivity contribution < 1.29 is 9.53 Å². The fraction of sp³-hybridized carbons (Fsp3) is 0.188. The number of anilines is 2. The lowest BCUT2D eigenvalue weighted by atomic mass is 10.2. The van der Waals surface area contributed by atoms with Crippen LogP contribution in [0.3, 0.4) is 0 Å². The van der Waals surface area contributed by atoms with Crippen LogP contribution >= 0.6 is 15.9 Å². The van der Waals surface area contributed by atoms with Crippen LogP contribution < -0.4 is 15.4 Å². The summed E-state index contributed by atoms with van der Waals surface area (Å²) >= 11 is 3.46. The minimum Gasteiger partial charge on any atom is -0.496 e. The van der Waals surface area contributed by atoms with E-state index in [1.54, 1.807) is 7.11 Å². The Bertz CT molecular complexity index is 627. The normalized spacial score (nSPS) is 10.0. The highest BCUT2D eigenvalue weighted by Gasteiger charge is 2.01. The molecule has 110 valence electrons. The number of rotatable bonds is 5. The van der Waals surface area contributed by atoms with Crippen LogP contribution in [0.4, 0.5) is 11.4 Å². The minimum absolute atomic E-state index is 0.0658. The summed E-state index contributed by atoms with van der Waals surface area (Å²) in [4.78, 5) is 11.0. The molecule has 0 aliphatic heterocycles. The van der Waals surface area contributed by atoms with Gasteiger partial charge in [0.25, 0.3) is 0 Å². The van der Waals surface area contributed by atoms with Crippen molar-refractivity contribution in [3.63, 3.8) is 0 Å². The van der Waals surface area contributed by atoms with E-state index in [2.05, 4.69) is 26.6 Å². The van der Waals surface area contributed by atoms with Crippen LogP contribution in [0.5, 0.6) is 5.75 Å². The zero-order chi connectivity index (χ0) is 15.2. The van der Waals surface area contributed by atoms with Gasteiger partial charge in [-0.1, -0.05) is 12.1 Å². The van der Waals surface area contributed by atoms with Crippen molar-refractivity contribution in [1.82, 2.24) is 0 Å². The van der Waals surface area contributed by atoms with Crippen molar-refractivity contribution >= 4 is 33.2 Å². The van der Waals surface area contributed by atoms with E-state index >= 15 is 0 Å². The van der Waals surface area contributed by atoms with Gasteiger partial charge in [-0.05, 0) is 51.8 Å². The van der Waals surface area contributed by atoms with Crippen LogP contribution in [0.1, 0.15) is 12.5 Å². The molecule has 0 bridgehead atoms. The summed E-state index contributed by atoms with van der Waals surface area (Å²) in [6.07, 6.45) is 0. The Hall–Kier alpha value is -2.01. The molecule has 2 aromatic rings. The average Bonchev–Trinajstić information content (AvgIpc) is 2.46. The summed E-state index contributed by atoms with van der Waals surface area (Å²) in [5, 5.41) is 6.09. The van der Waals surface area contributed by atoms with Crippen molar-refractivity contribution in [2.45, 2.75) is 13.5 Å². The highest BCUT2D eigenvalue weighted by molar-refractivity contribution is 9.10. The lowest BCUT2D eigenvalue weighted by Crippen LogP contribution is -2.06. The molecule has 21 heavy (non-hydrogen) atoms. The molecule has 0 atom stereocenters. The molecule has 4 nitrogen and oxygen atoms in total. The predicted molar refractivity (Wildman–Crippen MR) is 88.8 cm³/mol. The van der Waals surface area contributed by atoms with Gasteiger partial charge >= 0.3 is 0 Å². The first-order valence-electron chi connectivity index (χ1n) is 6.52. The van der Waals surface area contributed by atoms with E-state index < -0.39 is 0 Å². The lowest BCUT2D eigenvalue weighted by Gasteiger charge is -2.10. The van der Waals surface area contributed by atoms with Gasteiger partial charge in [0, 0.05) is 24.8 Å². The molecular weight excluding hydrogens is 332 g/mol. The quantitative estimate of drug-likeness (QED) is 0.857. The summed E-state index contributed by atoms with van der Waals surface area (Å²) in [7, 11) is 1.64. The van der Waals surface area contributed by atoms with Crippen molar-refractivity contribution in [3.05, 3.63) is 52.5 Å². The molecule has 0 aliphatic rings. The Morgan fingerprint density at radius 1 is 1.14 bits per heavy atom. The third-order valence-corrected chi connectivity index (χ3v) is 3.54. The Balaban J connectivity index is 1.96. The fourth-order valence-corrected chi connectivity index (χ4v) is 2.43. The van der Waals surface area contributed by atoms with Gasteiger partial charge in [-0.25, -0.2) is 0 Å². The molecule has 2 N–H and O–H groups in total. The summed E-state index contributed by atoms with van der Waals surface area (Å²) in [6.45, 7) is 2.20. The molecule has 2 rings (SSSR count). The molecule has 2 aromatic carbocycles. The standard InChI is InChI=1S/C16H17BrN2O2/c1-11(20)19-13-5-3-12(4-6-13)10-18-14-7-8-16(21-2)15(17)9-14/h3-9,18H,10H2,1-2H3,(H,19,20). The molecule has 0 aliphatic carbocycles. The van der Waals surface area contributed by atoms with Gasteiger partial charge in [-0.3, -0.25) is 4.79 Å². The molecule has 0 saturated heterocycles. The molecule has 0 radical (unpaired) electrons. The number of ether oxygens (including phenoxy) is 1. The zero-order valence-electron chi connectivity index (χ0n) is 11.9. The van der Waals surface area contributed by atoms with E-state index in [0.29, 0.717) is 6.54 Å². The van der Waals surface area contributed by atoms with E-state index in [1.165, 1.54) is 6.92 Å². The van der Waals surface area contributed by atoms with E-state index in [0.717, 1.165) is 27.2 Å². The Morgan fingerprint density at radius 3 is 2.38 bits per heavy atom. The minimum atomic E-state index is -0.0658. The first kappa shape index (κ1) is 15.4. The van der Waals surface area contributed by atoms with Crippen LogP contribution in [-0.4, -0.2) is 13.0 Å². The van der Waals surface area contributed by atoms with E-state index in [4.69, 9.17) is 4.74 Å². The van der Waals surface area contributed by atoms with Gasteiger partial charge in [0.1, 0.15) is 5.75 Å². The van der Waals surface area contributed by atoms with E-state index in [9.17, 15) is 4.79 Å². The maximum atomic E-state index is 11.0. The summed E-state index contributed by atoms with van der Waals surface area (Å²) in [5.74, 6) is 0.740.